The van der Waals surface area contributed by atoms with E-state index in [2.05, 4.69) is 32.0 Å². The van der Waals surface area contributed by atoms with Gasteiger partial charge < -0.3 is 14.5 Å². The van der Waals surface area contributed by atoms with Crippen LogP contribution in [0.5, 0.6) is 11.5 Å². The number of H-pyrrole nitrogens is 1. The fourth-order valence-electron chi connectivity index (χ4n) is 2.82. The lowest BCUT2D eigenvalue weighted by molar-refractivity contribution is 0.296. The molecular weight excluding hydrogens is 392 g/mol. The van der Waals surface area contributed by atoms with Gasteiger partial charge in [-0.3, -0.25) is 0 Å². The molecule has 0 saturated carbocycles. The zero-order valence-electron chi connectivity index (χ0n) is 14.2. The average molecular weight is 409 g/mol. The summed E-state index contributed by atoms with van der Waals surface area (Å²) >= 11 is 3.43. The van der Waals surface area contributed by atoms with Gasteiger partial charge in [0.05, 0.1) is 18.1 Å². The number of nitrogens with one attached hydrogen (secondary N) is 1. The number of aromatic amines is 1. The van der Waals surface area contributed by atoms with Crippen molar-refractivity contribution >= 4 is 27.0 Å². The number of halogens is 1. The fourth-order valence-corrected chi connectivity index (χ4v) is 3.08. The largest absolute Gasteiger partial charge is 0.496 e. The third-order valence-corrected chi connectivity index (χ3v) is 4.68. The molecule has 26 heavy (non-hydrogen) atoms. The number of benzene rings is 3. The van der Waals surface area contributed by atoms with Crippen molar-refractivity contribution in [1.29, 1.82) is 0 Å². The van der Waals surface area contributed by atoms with Crippen LogP contribution in [-0.2, 0) is 6.61 Å². The van der Waals surface area contributed by atoms with Gasteiger partial charge in [-0.1, -0.05) is 28.1 Å². The molecule has 0 radical (unpaired) electrons. The smallest absolute Gasteiger partial charge is 0.138 e. The van der Waals surface area contributed by atoms with Gasteiger partial charge >= 0.3 is 0 Å². The molecule has 5 heteroatoms. The Kier molecular flexibility index (Phi) is 4.63. The van der Waals surface area contributed by atoms with Crippen LogP contribution in [0.4, 0.5) is 0 Å². The van der Waals surface area contributed by atoms with Crippen LogP contribution >= 0.6 is 15.9 Å². The van der Waals surface area contributed by atoms with Gasteiger partial charge in [-0.2, -0.15) is 0 Å². The van der Waals surface area contributed by atoms with Crippen molar-refractivity contribution in [3.8, 4) is 22.9 Å². The highest BCUT2D eigenvalue weighted by atomic mass is 79.9. The number of rotatable bonds is 5. The molecule has 0 aliphatic carbocycles. The van der Waals surface area contributed by atoms with Crippen molar-refractivity contribution in [3.05, 3.63) is 76.8 Å². The summed E-state index contributed by atoms with van der Waals surface area (Å²) in [5.41, 5.74) is 3.93. The quantitative estimate of drug-likeness (QED) is 0.468. The monoisotopic (exact) mass is 408 g/mol. The minimum Gasteiger partial charge on any atom is -0.496 e. The highest BCUT2D eigenvalue weighted by Crippen LogP contribution is 2.28. The third kappa shape index (κ3) is 3.44. The first-order valence-corrected chi connectivity index (χ1v) is 9.02. The highest BCUT2D eigenvalue weighted by Gasteiger charge is 2.10. The van der Waals surface area contributed by atoms with E-state index in [1.165, 1.54) is 0 Å². The average Bonchev–Trinajstić information content (AvgIpc) is 3.11. The van der Waals surface area contributed by atoms with Crippen LogP contribution in [0.1, 0.15) is 5.56 Å². The summed E-state index contributed by atoms with van der Waals surface area (Å²) in [5.74, 6) is 2.44. The number of nitrogens with zero attached hydrogens (tertiary/aromatic N) is 1. The molecule has 4 nitrogen and oxygen atoms in total. The number of imidazole rings is 1. The van der Waals surface area contributed by atoms with Crippen molar-refractivity contribution < 1.29 is 9.47 Å². The molecule has 0 unspecified atom stereocenters. The summed E-state index contributed by atoms with van der Waals surface area (Å²) in [6, 6.07) is 21.8. The second-order valence-electron chi connectivity index (χ2n) is 5.87. The molecule has 3 aromatic carbocycles. The maximum absolute atomic E-state index is 5.91. The molecule has 0 bridgehead atoms. The van der Waals surface area contributed by atoms with Gasteiger partial charge in [0.15, 0.2) is 0 Å². The Morgan fingerprint density at radius 1 is 1.00 bits per heavy atom. The van der Waals surface area contributed by atoms with Crippen LogP contribution in [0, 0.1) is 0 Å². The molecular formula is C21H17BrN2O2. The van der Waals surface area contributed by atoms with E-state index in [0.717, 1.165) is 44.0 Å². The topological polar surface area (TPSA) is 47.1 Å². The van der Waals surface area contributed by atoms with E-state index in [-0.39, 0.29) is 0 Å². The van der Waals surface area contributed by atoms with Crippen molar-refractivity contribution in [3.63, 3.8) is 0 Å². The van der Waals surface area contributed by atoms with Gasteiger partial charge in [-0.05, 0) is 54.6 Å². The summed E-state index contributed by atoms with van der Waals surface area (Å²) in [6.07, 6.45) is 0. The number of aromatic nitrogens is 2. The van der Waals surface area contributed by atoms with Crippen molar-refractivity contribution in [1.82, 2.24) is 9.97 Å². The van der Waals surface area contributed by atoms with Gasteiger partial charge in [0, 0.05) is 15.6 Å². The van der Waals surface area contributed by atoms with Crippen LogP contribution < -0.4 is 9.47 Å². The maximum Gasteiger partial charge on any atom is 0.138 e. The van der Waals surface area contributed by atoms with E-state index in [0.29, 0.717) is 6.61 Å². The normalized spacial score (nSPS) is 10.8. The Morgan fingerprint density at radius 3 is 2.58 bits per heavy atom. The molecule has 0 aliphatic rings. The standard InChI is InChI=1S/C21H17BrN2O2/c1-25-20-11-6-14(21-23-18-4-2-3-5-19(18)24-21)12-15(20)13-26-17-9-7-16(22)8-10-17/h2-12H,13H2,1H3,(H,23,24). The molecule has 1 N–H and O–H groups in total. The van der Waals surface area contributed by atoms with E-state index in [9.17, 15) is 0 Å². The molecule has 0 fully saturated rings. The van der Waals surface area contributed by atoms with E-state index >= 15 is 0 Å². The molecule has 0 spiro atoms. The first-order chi connectivity index (χ1) is 12.7. The number of para-hydroxylation sites is 2. The number of ether oxygens (including phenoxy) is 2. The van der Waals surface area contributed by atoms with Gasteiger partial charge in [0.1, 0.15) is 23.9 Å². The molecule has 1 aromatic heterocycles. The Morgan fingerprint density at radius 2 is 1.81 bits per heavy atom. The van der Waals surface area contributed by atoms with Crippen molar-refractivity contribution in [2.24, 2.45) is 0 Å². The van der Waals surface area contributed by atoms with Crippen LogP contribution in [0.25, 0.3) is 22.4 Å². The first-order valence-electron chi connectivity index (χ1n) is 8.23. The molecule has 0 saturated heterocycles. The third-order valence-electron chi connectivity index (χ3n) is 4.15. The molecule has 4 rings (SSSR count). The zero-order chi connectivity index (χ0) is 17.9. The van der Waals surface area contributed by atoms with Crippen molar-refractivity contribution in [2.75, 3.05) is 7.11 Å². The Balaban J connectivity index is 1.63. The van der Waals surface area contributed by atoms with Gasteiger partial charge in [-0.15, -0.1) is 0 Å². The van der Waals surface area contributed by atoms with Crippen LogP contribution in [0.2, 0.25) is 0 Å². The lowest BCUT2D eigenvalue weighted by Gasteiger charge is -2.11. The molecule has 0 amide bonds. The first kappa shape index (κ1) is 16.7. The predicted molar refractivity (Wildman–Crippen MR) is 107 cm³/mol. The summed E-state index contributed by atoms with van der Waals surface area (Å²) in [4.78, 5) is 8.02. The van der Waals surface area contributed by atoms with Gasteiger partial charge in [0.2, 0.25) is 0 Å². The Labute approximate surface area is 159 Å². The van der Waals surface area contributed by atoms with E-state index in [1.807, 2.05) is 60.7 Å². The number of hydrogen-bond donors (Lipinski definition) is 1. The second kappa shape index (κ2) is 7.22. The molecule has 130 valence electrons. The SMILES string of the molecule is COc1ccc(-c2nc3ccccc3[nH]2)cc1COc1ccc(Br)cc1. The van der Waals surface area contributed by atoms with Crippen LogP contribution in [0.15, 0.2) is 71.2 Å². The summed E-state index contributed by atoms with van der Waals surface area (Å²) in [7, 11) is 1.67. The van der Waals surface area contributed by atoms with Crippen molar-refractivity contribution in [2.45, 2.75) is 6.61 Å². The lowest BCUT2D eigenvalue weighted by Crippen LogP contribution is -1.99. The van der Waals surface area contributed by atoms with Crippen LogP contribution in [-0.4, -0.2) is 17.1 Å². The Bertz CT molecular complexity index is 1010. The Hall–Kier alpha value is -2.79. The second-order valence-corrected chi connectivity index (χ2v) is 6.79. The summed E-state index contributed by atoms with van der Waals surface area (Å²) < 4.78 is 12.4. The highest BCUT2D eigenvalue weighted by molar-refractivity contribution is 9.10. The number of fused-ring (bicyclic) bond motifs is 1. The van der Waals surface area contributed by atoms with E-state index in [1.54, 1.807) is 7.11 Å². The summed E-state index contributed by atoms with van der Waals surface area (Å²) in [5, 5.41) is 0. The van der Waals surface area contributed by atoms with Crippen LogP contribution in [0.3, 0.4) is 0 Å². The molecule has 0 atom stereocenters. The molecule has 4 aromatic rings. The van der Waals surface area contributed by atoms with E-state index in [4.69, 9.17) is 9.47 Å². The zero-order valence-corrected chi connectivity index (χ0v) is 15.8. The van der Waals surface area contributed by atoms with E-state index < -0.39 is 0 Å². The predicted octanol–water partition coefficient (Wildman–Crippen LogP) is 5.58. The minimum atomic E-state index is 0.416. The lowest BCUT2D eigenvalue weighted by atomic mass is 10.1. The molecule has 0 aliphatic heterocycles. The summed E-state index contributed by atoms with van der Waals surface area (Å²) in [6.45, 7) is 0.416. The number of methoxy groups -OCH3 is 1. The fraction of sp³-hybridized carbons (Fsp3) is 0.0952. The number of hydrogen-bond acceptors (Lipinski definition) is 3. The molecule has 1 heterocycles. The van der Waals surface area contributed by atoms with Gasteiger partial charge in [-0.25, -0.2) is 4.98 Å². The minimum absolute atomic E-state index is 0.416. The van der Waals surface area contributed by atoms with Gasteiger partial charge in [0.25, 0.3) is 0 Å². The maximum atomic E-state index is 5.91.